The monoisotopic (exact) mass is 267 g/mol. The molecule has 6 heteroatoms. The van der Waals surface area contributed by atoms with E-state index in [2.05, 4.69) is 5.32 Å². The summed E-state index contributed by atoms with van der Waals surface area (Å²) >= 11 is 1.26. The molecular formula is C12H13NO4S. The predicted molar refractivity (Wildman–Crippen MR) is 67.7 cm³/mol. The van der Waals surface area contributed by atoms with E-state index in [1.165, 1.54) is 17.4 Å². The van der Waals surface area contributed by atoms with E-state index in [-0.39, 0.29) is 11.9 Å². The Morgan fingerprint density at radius 3 is 3.00 bits per heavy atom. The molecule has 1 fully saturated rings. The first kappa shape index (κ1) is 12.8. The van der Waals surface area contributed by atoms with Gasteiger partial charge in [0.15, 0.2) is 0 Å². The van der Waals surface area contributed by atoms with Crippen LogP contribution in [0, 0.1) is 0 Å². The summed E-state index contributed by atoms with van der Waals surface area (Å²) < 4.78 is 5.18. The largest absolute Gasteiger partial charge is 0.478 e. The number of hydrogen-bond donors (Lipinski definition) is 2. The summed E-state index contributed by atoms with van der Waals surface area (Å²) in [6.07, 6.45) is 3.36. The highest BCUT2D eigenvalue weighted by Gasteiger charge is 2.19. The molecule has 0 bridgehead atoms. The van der Waals surface area contributed by atoms with E-state index >= 15 is 0 Å². The third kappa shape index (κ3) is 3.41. The first-order chi connectivity index (χ1) is 8.65. The zero-order valence-corrected chi connectivity index (χ0v) is 10.4. The van der Waals surface area contributed by atoms with Gasteiger partial charge >= 0.3 is 5.97 Å². The minimum Gasteiger partial charge on any atom is -0.478 e. The maximum absolute atomic E-state index is 11.9. The Balaban J connectivity index is 1.96. The number of carbonyl (C=O) groups excluding carboxylic acids is 1. The number of amides is 1. The highest BCUT2D eigenvalue weighted by atomic mass is 32.1. The van der Waals surface area contributed by atoms with Gasteiger partial charge in [0, 0.05) is 17.6 Å². The molecular weight excluding hydrogens is 254 g/mol. The van der Waals surface area contributed by atoms with Crippen molar-refractivity contribution in [1.82, 2.24) is 5.32 Å². The molecule has 0 aliphatic carbocycles. The fourth-order valence-corrected chi connectivity index (χ4v) is 2.44. The lowest BCUT2D eigenvalue weighted by Gasteiger charge is -2.08. The maximum Gasteiger partial charge on any atom is 0.328 e. The van der Waals surface area contributed by atoms with Crippen LogP contribution >= 0.6 is 11.3 Å². The molecule has 1 amide bonds. The van der Waals surface area contributed by atoms with Gasteiger partial charge in [-0.1, -0.05) is 0 Å². The topological polar surface area (TPSA) is 75.6 Å². The number of aliphatic carboxylic acids is 1. The van der Waals surface area contributed by atoms with Crippen LogP contribution in [-0.2, 0) is 9.53 Å². The SMILES string of the molecule is O=C(O)/C=C/c1ccc(C(=O)NC2CCOC2)s1. The van der Waals surface area contributed by atoms with Crippen molar-refractivity contribution in [3.8, 4) is 0 Å². The molecule has 1 aromatic rings. The van der Waals surface area contributed by atoms with Gasteiger partial charge in [-0.2, -0.15) is 0 Å². The fraction of sp³-hybridized carbons (Fsp3) is 0.333. The smallest absolute Gasteiger partial charge is 0.328 e. The van der Waals surface area contributed by atoms with Crippen LogP contribution in [0.3, 0.4) is 0 Å². The van der Waals surface area contributed by atoms with Crippen molar-refractivity contribution in [3.05, 3.63) is 28.0 Å². The van der Waals surface area contributed by atoms with Gasteiger partial charge in [0.25, 0.3) is 5.91 Å². The van der Waals surface area contributed by atoms with Crippen LogP contribution in [0.15, 0.2) is 18.2 Å². The first-order valence-corrected chi connectivity index (χ1v) is 6.36. The van der Waals surface area contributed by atoms with E-state index in [0.717, 1.165) is 17.4 Å². The lowest BCUT2D eigenvalue weighted by molar-refractivity contribution is -0.131. The Hall–Kier alpha value is -1.66. The summed E-state index contributed by atoms with van der Waals surface area (Å²) in [5.74, 6) is -1.14. The molecule has 2 N–H and O–H groups in total. The Morgan fingerprint density at radius 2 is 2.33 bits per heavy atom. The van der Waals surface area contributed by atoms with Crippen molar-refractivity contribution in [1.29, 1.82) is 0 Å². The molecule has 0 aromatic carbocycles. The van der Waals surface area contributed by atoms with Crippen LogP contribution in [0.1, 0.15) is 21.0 Å². The Labute approximate surface area is 108 Å². The average molecular weight is 267 g/mol. The Morgan fingerprint density at radius 1 is 1.50 bits per heavy atom. The minimum atomic E-state index is -1.00. The normalized spacial score (nSPS) is 19.2. The fourth-order valence-electron chi connectivity index (χ4n) is 1.62. The average Bonchev–Trinajstić information content (AvgIpc) is 2.96. The molecule has 2 rings (SSSR count). The third-order valence-electron chi connectivity index (χ3n) is 2.51. The number of carboxylic acid groups (broad SMARTS) is 1. The molecule has 1 unspecified atom stereocenters. The molecule has 1 aliphatic heterocycles. The molecule has 1 atom stereocenters. The van der Waals surface area contributed by atoms with E-state index in [0.29, 0.717) is 18.1 Å². The second-order valence-corrected chi connectivity index (χ2v) is 5.02. The number of carboxylic acids is 1. The van der Waals surface area contributed by atoms with E-state index < -0.39 is 5.97 Å². The molecule has 96 valence electrons. The van der Waals surface area contributed by atoms with Crippen molar-refractivity contribution < 1.29 is 19.4 Å². The number of carbonyl (C=O) groups is 2. The molecule has 1 aliphatic rings. The highest BCUT2D eigenvalue weighted by Crippen LogP contribution is 2.18. The summed E-state index contributed by atoms with van der Waals surface area (Å²) in [7, 11) is 0. The van der Waals surface area contributed by atoms with E-state index in [4.69, 9.17) is 9.84 Å². The predicted octanol–water partition coefficient (Wildman–Crippen LogP) is 1.36. The molecule has 1 saturated heterocycles. The first-order valence-electron chi connectivity index (χ1n) is 5.54. The van der Waals surface area contributed by atoms with Gasteiger partial charge < -0.3 is 15.2 Å². The van der Waals surface area contributed by atoms with Crippen molar-refractivity contribution in [2.24, 2.45) is 0 Å². The summed E-state index contributed by atoms with van der Waals surface area (Å²) in [5.41, 5.74) is 0. The summed E-state index contributed by atoms with van der Waals surface area (Å²) in [5, 5.41) is 11.4. The highest BCUT2D eigenvalue weighted by molar-refractivity contribution is 7.14. The van der Waals surface area contributed by atoms with Crippen LogP contribution in [0.4, 0.5) is 0 Å². The van der Waals surface area contributed by atoms with Crippen LogP contribution < -0.4 is 5.32 Å². The Bertz CT molecular complexity index is 474. The van der Waals surface area contributed by atoms with Gasteiger partial charge in [0.1, 0.15) is 0 Å². The second-order valence-electron chi connectivity index (χ2n) is 3.91. The number of thiophene rings is 1. The second kappa shape index (κ2) is 5.79. The molecule has 0 saturated carbocycles. The molecule has 1 aromatic heterocycles. The third-order valence-corrected chi connectivity index (χ3v) is 3.55. The summed E-state index contributed by atoms with van der Waals surface area (Å²) in [4.78, 5) is 23.5. The standard InChI is InChI=1S/C12H13NO4S/c14-11(15)4-2-9-1-3-10(18-9)12(16)13-8-5-6-17-7-8/h1-4,8H,5-7H2,(H,13,16)(H,14,15)/b4-2+. The summed E-state index contributed by atoms with van der Waals surface area (Å²) in [6.45, 7) is 1.24. The van der Waals surface area contributed by atoms with E-state index in [1.807, 2.05) is 0 Å². The molecule has 5 nitrogen and oxygen atoms in total. The zero-order valence-electron chi connectivity index (χ0n) is 9.59. The molecule has 0 spiro atoms. The van der Waals surface area contributed by atoms with Gasteiger partial charge in [0.05, 0.1) is 17.5 Å². The van der Waals surface area contributed by atoms with Crippen LogP contribution in [0.5, 0.6) is 0 Å². The maximum atomic E-state index is 11.9. The van der Waals surface area contributed by atoms with Gasteiger partial charge in [-0.3, -0.25) is 4.79 Å². The molecule has 0 radical (unpaired) electrons. The minimum absolute atomic E-state index is 0.0811. The Kier molecular flexibility index (Phi) is 4.11. The van der Waals surface area contributed by atoms with E-state index in [9.17, 15) is 9.59 Å². The van der Waals surface area contributed by atoms with Gasteiger partial charge in [-0.25, -0.2) is 4.79 Å². The van der Waals surface area contributed by atoms with Gasteiger partial charge in [-0.05, 0) is 24.6 Å². The summed E-state index contributed by atoms with van der Waals surface area (Å²) in [6, 6.07) is 3.50. The van der Waals surface area contributed by atoms with Crippen LogP contribution in [0.25, 0.3) is 6.08 Å². The van der Waals surface area contributed by atoms with Crippen LogP contribution in [0.2, 0.25) is 0 Å². The molecule has 18 heavy (non-hydrogen) atoms. The van der Waals surface area contributed by atoms with Crippen molar-refractivity contribution in [3.63, 3.8) is 0 Å². The van der Waals surface area contributed by atoms with Gasteiger partial charge in [0.2, 0.25) is 0 Å². The number of ether oxygens (including phenoxy) is 1. The van der Waals surface area contributed by atoms with Crippen molar-refractivity contribution in [2.45, 2.75) is 12.5 Å². The van der Waals surface area contributed by atoms with Gasteiger partial charge in [-0.15, -0.1) is 11.3 Å². The quantitative estimate of drug-likeness (QED) is 0.808. The van der Waals surface area contributed by atoms with Crippen molar-refractivity contribution >= 4 is 29.3 Å². The lowest BCUT2D eigenvalue weighted by Crippen LogP contribution is -2.34. The van der Waals surface area contributed by atoms with E-state index in [1.54, 1.807) is 12.1 Å². The van der Waals surface area contributed by atoms with Crippen LogP contribution in [-0.4, -0.2) is 36.2 Å². The lowest BCUT2D eigenvalue weighted by atomic mass is 10.2. The van der Waals surface area contributed by atoms with Crippen molar-refractivity contribution in [2.75, 3.05) is 13.2 Å². The number of nitrogens with one attached hydrogen (secondary N) is 1. The molecule has 2 heterocycles. The number of rotatable bonds is 4. The number of hydrogen-bond acceptors (Lipinski definition) is 4. The zero-order chi connectivity index (χ0) is 13.0.